The Morgan fingerprint density at radius 3 is 2.79 bits per heavy atom. The number of carbonyl (C=O) groups is 1. The van der Waals surface area contributed by atoms with Crippen LogP contribution >= 0.6 is 0 Å². The van der Waals surface area contributed by atoms with Gasteiger partial charge >= 0.3 is 0 Å². The fraction of sp³-hybridized carbons (Fsp3) is 0.632. The highest BCUT2D eigenvalue weighted by Crippen LogP contribution is 2.34. The number of aliphatic hydroxyl groups is 1. The molecule has 1 aromatic carbocycles. The van der Waals surface area contributed by atoms with E-state index in [0.717, 1.165) is 30.8 Å². The van der Waals surface area contributed by atoms with Gasteiger partial charge in [0.2, 0.25) is 5.91 Å². The molecular weight excluding hydrogens is 306 g/mol. The maximum absolute atomic E-state index is 12.3. The van der Waals surface area contributed by atoms with Gasteiger partial charge in [-0.05, 0) is 37.3 Å². The molecule has 0 saturated carbocycles. The molecule has 0 bridgehead atoms. The molecular formula is C19H27NO4. The molecule has 5 nitrogen and oxygen atoms in total. The Bertz CT molecular complexity index is 560. The normalized spacial score (nSPS) is 23.4. The molecule has 0 radical (unpaired) electrons. The van der Waals surface area contributed by atoms with E-state index in [1.807, 2.05) is 31.2 Å². The predicted molar refractivity (Wildman–Crippen MR) is 90.6 cm³/mol. The van der Waals surface area contributed by atoms with Crippen LogP contribution in [0.1, 0.15) is 30.4 Å². The van der Waals surface area contributed by atoms with Gasteiger partial charge in [-0.1, -0.05) is 24.3 Å². The lowest BCUT2D eigenvalue weighted by Crippen LogP contribution is -2.46. The number of amides is 1. The van der Waals surface area contributed by atoms with Gasteiger partial charge in [-0.3, -0.25) is 4.79 Å². The van der Waals surface area contributed by atoms with Crippen molar-refractivity contribution >= 4 is 5.91 Å². The van der Waals surface area contributed by atoms with E-state index >= 15 is 0 Å². The van der Waals surface area contributed by atoms with Crippen molar-refractivity contribution in [2.45, 2.75) is 31.8 Å². The fourth-order valence-electron chi connectivity index (χ4n) is 3.61. The van der Waals surface area contributed by atoms with Crippen LogP contribution in [0, 0.1) is 12.8 Å². The van der Waals surface area contributed by atoms with Crippen molar-refractivity contribution in [3.05, 3.63) is 35.4 Å². The van der Waals surface area contributed by atoms with Gasteiger partial charge in [0.15, 0.2) is 0 Å². The summed E-state index contributed by atoms with van der Waals surface area (Å²) in [5.74, 6) is 0.436. The van der Waals surface area contributed by atoms with Gasteiger partial charge in [0.25, 0.3) is 0 Å². The molecule has 0 spiro atoms. The average molecular weight is 333 g/mol. The van der Waals surface area contributed by atoms with Crippen LogP contribution in [0.4, 0.5) is 0 Å². The third-order valence-electron chi connectivity index (χ3n) is 5.19. The monoisotopic (exact) mass is 333 g/mol. The van der Waals surface area contributed by atoms with E-state index in [0.29, 0.717) is 38.5 Å². The molecule has 2 saturated heterocycles. The molecule has 1 aromatic rings. The second-order valence-corrected chi connectivity index (χ2v) is 6.97. The molecule has 2 aliphatic rings. The fourth-order valence-corrected chi connectivity index (χ4v) is 3.61. The molecule has 2 fully saturated rings. The van der Waals surface area contributed by atoms with Gasteiger partial charge in [0, 0.05) is 25.6 Å². The first kappa shape index (κ1) is 17.4. The number of nitrogens with zero attached hydrogens (tertiary/aromatic N) is 1. The van der Waals surface area contributed by atoms with E-state index in [4.69, 9.17) is 9.47 Å². The minimum absolute atomic E-state index is 0.0146. The van der Waals surface area contributed by atoms with E-state index in [9.17, 15) is 9.90 Å². The van der Waals surface area contributed by atoms with E-state index in [1.54, 1.807) is 4.90 Å². The van der Waals surface area contributed by atoms with E-state index in [2.05, 4.69) is 0 Å². The van der Waals surface area contributed by atoms with Gasteiger partial charge in [0.1, 0.15) is 6.61 Å². The number of aryl methyl sites for hydroxylation is 1. The van der Waals surface area contributed by atoms with Gasteiger partial charge in [-0.2, -0.15) is 0 Å². The molecule has 0 aliphatic carbocycles. The summed E-state index contributed by atoms with van der Waals surface area (Å²) in [6.45, 7) is 5.41. The van der Waals surface area contributed by atoms with Crippen molar-refractivity contribution < 1.29 is 19.4 Å². The Labute approximate surface area is 143 Å². The molecule has 0 aromatic heterocycles. The molecule has 3 rings (SSSR count). The zero-order chi connectivity index (χ0) is 17.0. The highest BCUT2D eigenvalue weighted by Gasteiger charge is 2.36. The Kier molecular flexibility index (Phi) is 5.54. The number of hydrogen-bond donors (Lipinski definition) is 1. The summed E-state index contributed by atoms with van der Waals surface area (Å²) in [7, 11) is 0. The molecule has 1 amide bonds. The van der Waals surface area contributed by atoms with Crippen LogP contribution in [0.25, 0.3) is 0 Å². The minimum Gasteiger partial charge on any atom is -0.385 e. The molecule has 1 unspecified atom stereocenters. The lowest BCUT2D eigenvalue weighted by Gasteiger charge is -2.39. The second-order valence-electron chi connectivity index (χ2n) is 6.97. The lowest BCUT2D eigenvalue weighted by atomic mass is 9.82. The highest BCUT2D eigenvalue weighted by atomic mass is 16.5. The van der Waals surface area contributed by atoms with Crippen LogP contribution in [0.15, 0.2) is 24.3 Å². The number of carbonyl (C=O) groups excluding carboxylic acids is 1. The number of ether oxygens (including phenoxy) is 2. The van der Waals surface area contributed by atoms with Crippen molar-refractivity contribution in [2.75, 3.05) is 39.5 Å². The molecule has 1 atom stereocenters. The highest BCUT2D eigenvalue weighted by molar-refractivity contribution is 5.77. The van der Waals surface area contributed by atoms with Crippen LogP contribution in [0.3, 0.4) is 0 Å². The van der Waals surface area contributed by atoms with Crippen molar-refractivity contribution in [3.8, 4) is 0 Å². The van der Waals surface area contributed by atoms with Crippen LogP contribution < -0.4 is 0 Å². The average Bonchev–Trinajstić information content (AvgIpc) is 3.09. The summed E-state index contributed by atoms with van der Waals surface area (Å²) in [5.41, 5.74) is 1.25. The van der Waals surface area contributed by atoms with E-state index in [1.165, 1.54) is 0 Å². The van der Waals surface area contributed by atoms with Crippen LogP contribution in [-0.2, 0) is 19.9 Å². The zero-order valence-corrected chi connectivity index (χ0v) is 14.4. The van der Waals surface area contributed by atoms with Gasteiger partial charge < -0.3 is 19.5 Å². The van der Waals surface area contributed by atoms with Crippen molar-refractivity contribution in [3.63, 3.8) is 0 Å². The number of benzene rings is 1. The molecule has 2 aliphatic heterocycles. The van der Waals surface area contributed by atoms with E-state index in [-0.39, 0.29) is 12.5 Å². The van der Waals surface area contributed by atoms with Crippen molar-refractivity contribution in [1.82, 2.24) is 4.90 Å². The van der Waals surface area contributed by atoms with Crippen molar-refractivity contribution in [1.29, 1.82) is 0 Å². The Morgan fingerprint density at radius 2 is 2.12 bits per heavy atom. The maximum atomic E-state index is 12.3. The summed E-state index contributed by atoms with van der Waals surface area (Å²) in [4.78, 5) is 14.1. The SMILES string of the molecule is Cc1ccccc1C1(O)CCN(C(=O)COCC2CCOC2)CC1. The van der Waals surface area contributed by atoms with E-state index < -0.39 is 5.60 Å². The number of likely N-dealkylation sites (tertiary alicyclic amines) is 1. The Hall–Kier alpha value is -1.43. The Morgan fingerprint density at radius 1 is 1.38 bits per heavy atom. The number of piperidine rings is 1. The zero-order valence-electron chi connectivity index (χ0n) is 14.4. The quantitative estimate of drug-likeness (QED) is 0.893. The summed E-state index contributed by atoms with van der Waals surface area (Å²) in [5, 5.41) is 11.0. The summed E-state index contributed by atoms with van der Waals surface area (Å²) >= 11 is 0. The van der Waals surface area contributed by atoms with Crippen molar-refractivity contribution in [2.24, 2.45) is 5.92 Å². The third kappa shape index (κ3) is 3.97. The van der Waals surface area contributed by atoms with Crippen LogP contribution in [0.2, 0.25) is 0 Å². The molecule has 1 N–H and O–H groups in total. The first-order valence-corrected chi connectivity index (χ1v) is 8.80. The van der Waals surface area contributed by atoms with Gasteiger partial charge in [-0.15, -0.1) is 0 Å². The molecule has 132 valence electrons. The first-order valence-electron chi connectivity index (χ1n) is 8.80. The smallest absolute Gasteiger partial charge is 0.248 e. The third-order valence-corrected chi connectivity index (χ3v) is 5.19. The summed E-state index contributed by atoms with van der Waals surface area (Å²) in [6.07, 6.45) is 2.15. The summed E-state index contributed by atoms with van der Waals surface area (Å²) in [6, 6.07) is 7.94. The predicted octanol–water partition coefficient (Wildman–Crippen LogP) is 1.86. The standard InChI is InChI=1S/C19H27NO4/c1-15-4-2-3-5-17(15)19(22)7-9-20(10-8-19)18(21)14-24-13-16-6-11-23-12-16/h2-5,16,22H,6-14H2,1H3. The van der Waals surface area contributed by atoms with Crippen LogP contribution in [0.5, 0.6) is 0 Å². The number of rotatable bonds is 5. The van der Waals surface area contributed by atoms with Gasteiger partial charge in [0.05, 0.1) is 18.8 Å². The maximum Gasteiger partial charge on any atom is 0.248 e. The van der Waals surface area contributed by atoms with Crippen LogP contribution in [-0.4, -0.2) is 55.4 Å². The second kappa shape index (κ2) is 7.64. The lowest BCUT2D eigenvalue weighted by molar-refractivity contribution is -0.141. The summed E-state index contributed by atoms with van der Waals surface area (Å²) < 4.78 is 10.9. The molecule has 24 heavy (non-hydrogen) atoms. The van der Waals surface area contributed by atoms with Gasteiger partial charge in [-0.25, -0.2) is 0 Å². The Balaban J connectivity index is 1.47. The minimum atomic E-state index is -0.829. The first-order chi connectivity index (χ1) is 11.6. The topological polar surface area (TPSA) is 59.0 Å². The molecule has 2 heterocycles. The largest absolute Gasteiger partial charge is 0.385 e. The molecule has 5 heteroatoms. The number of hydrogen-bond acceptors (Lipinski definition) is 4.